The molecule has 0 unspecified atom stereocenters. The Balaban J connectivity index is 4.12. The van der Waals surface area contributed by atoms with E-state index in [0.717, 1.165) is 6.08 Å². The highest BCUT2D eigenvalue weighted by molar-refractivity contribution is 6.63. The largest absolute Gasteiger partial charge is 0.281 e. The Bertz CT molecular complexity index is 121. The molecule has 0 aromatic heterocycles. The highest BCUT2D eigenvalue weighted by Gasteiger charge is 1.84. The molecule has 0 fully saturated rings. The van der Waals surface area contributed by atoms with Crippen LogP contribution in [0.15, 0.2) is 12.7 Å². The van der Waals surface area contributed by atoms with E-state index in [4.69, 9.17) is 14.3 Å². The lowest BCUT2D eigenvalue weighted by molar-refractivity contribution is -0.110. The van der Waals surface area contributed by atoms with Gasteiger partial charge in [0.1, 0.15) is 0 Å². The highest BCUT2D eigenvalue weighted by atomic mass is 35.5. The van der Waals surface area contributed by atoms with Crippen molar-refractivity contribution in [3.05, 3.63) is 12.7 Å². The summed E-state index contributed by atoms with van der Waals surface area (Å²) >= 11 is 4.78. The van der Waals surface area contributed by atoms with Crippen LogP contribution < -0.4 is 0 Å². The number of rotatable bonds is 2. The highest BCUT2D eigenvalue weighted by Crippen LogP contribution is 1.85. The number of allylic oxidation sites excluding steroid dienone is 1. The van der Waals surface area contributed by atoms with Gasteiger partial charge in [-0.2, -0.15) is 0 Å². The molecule has 0 aliphatic heterocycles. The molecule has 34 valence electrons. The van der Waals surface area contributed by atoms with Gasteiger partial charge in [0.05, 0.1) is 0 Å². The molecule has 0 aromatic rings. The molecular formula is C4H5ClO. The third kappa shape index (κ3) is 3.70. The van der Waals surface area contributed by atoms with Gasteiger partial charge in [-0.3, -0.25) is 4.79 Å². The molecule has 0 atom stereocenters. The van der Waals surface area contributed by atoms with E-state index in [0.29, 0.717) is 0 Å². The number of halogens is 1. The van der Waals surface area contributed by atoms with Gasteiger partial charge < -0.3 is 0 Å². The minimum Gasteiger partial charge on any atom is -0.281 e. The van der Waals surface area contributed by atoms with Crippen molar-refractivity contribution in [2.24, 2.45) is 0 Å². The average Bonchev–Trinajstić information content (AvgIpc) is 1.67. The fourth-order valence-electron chi connectivity index (χ4n) is 0.0802. The maximum atomic E-state index is 10.0. The molecule has 0 bridgehead atoms. The van der Waals surface area contributed by atoms with Crippen LogP contribution in [0.2, 0.25) is 0 Å². The molecule has 0 amide bonds. The molecule has 2 heteroatoms. The number of hydrogen-bond acceptors (Lipinski definition) is 1. The number of carbonyl (C=O) groups excluding carboxylic acids is 1. The van der Waals surface area contributed by atoms with Crippen molar-refractivity contribution in [3.63, 3.8) is 0 Å². The van der Waals surface area contributed by atoms with Crippen molar-refractivity contribution in [3.8, 4) is 0 Å². The summed E-state index contributed by atoms with van der Waals surface area (Å²) < 4.78 is 13.4. The molecule has 6 heavy (non-hydrogen) atoms. The van der Waals surface area contributed by atoms with Crippen LogP contribution in [0.4, 0.5) is 0 Å². The van der Waals surface area contributed by atoms with E-state index in [1.165, 1.54) is 0 Å². The minimum atomic E-state index is -2.07. The van der Waals surface area contributed by atoms with E-state index in [1.54, 1.807) is 0 Å². The van der Waals surface area contributed by atoms with Crippen LogP contribution in [0.1, 0.15) is 9.11 Å². The Hall–Kier alpha value is -0.300. The quantitative estimate of drug-likeness (QED) is 0.383. The van der Waals surface area contributed by atoms with Crippen molar-refractivity contribution >= 4 is 16.8 Å². The van der Waals surface area contributed by atoms with E-state index in [1.807, 2.05) is 0 Å². The molecule has 0 rings (SSSR count). The van der Waals surface area contributed by atoms with Crippen LogP contribution in [0.25, 0.3) is 0 Å². The third-order valence-corrected chi connectivity index (χ3v) is 0.325. The zero-order valence-corrected chi connectivity index (χ0v) is 3.83. The number of hydrogen-bond donors (Lipinski definition) is 0. The summed E-state index contributed by atoms with van der Waals surface area (Å²) in [5, 5.41) is -1.03. The molecule has 0 radical (unpaired) electrons. The van der Waals surface area contributed by atoms with E-state index in [-0.39, 0.29) is 0 Å². The molecule has 0 spiro atoms. The molecule has 0 aliphatic carbocycles. The third-order valence-electron chi connectivity index (χ3n) is 0.216. The zero-order valence-electron chi connectivity index (χ0n) is 5.07. The van der Waals surface area contributed by atoms with E-state index >= 15 is 0 Å². The smallest absolute Gasteiger partial charge is 0.225 e. The molecule has 0 aliphatic rings. The Morgan fingerprint density at radius 2 is 2.83 bits per heavy atom. The maximum absolute atomic E-state index is 10.0. The first kappa shape index (κ1) is 2.80. The van der Waals surface area contributed by atoms with Crippen LogP contribution in [0, 0.1) is 0 Å². The van der Waals surface area contributed by atoms with Crippen molar-refractivity contribution in [2.75, 3.05) is 0 Å². The van der Waals surface area contributed by atoms with Gasteiger partial charge in [0, 0.05) is 9.11 Å². The Morgan fingerprint density at radius 1 is 2.33 bits per heavy atom. The van der Waals surface area contributed by atoms with Crippen LogP contribution >= 0.6 is 11.6 Å². The van der Waals surface area contributed by atoms with Crippen LogP contribution in [-0.2, 0) is 4.79 Å². The first-order chi connectivity index (χ1) is 3.50. The van der Waals surface area contributed by atoms with Gasteiger partial charge >= 0.3 is 0 Å². The summed E-state index contributed by atoms with van der Waals surface area (Å²) in [5.41, 5.74) is 0. The molecular weight excluding hydrogens is 99.5 g/mol. The predicted molar refractivity (Wildman–Crippen MR) is 25.7 cm³/mol. The monoisotopic (exact) mass is 106 g/mol. The summed E-state index contributed by atoms with van der Waals surface area (Å²) in [6, 6.07) is 0. The standard InChI is InChI=1S/C4H5ClO/c1-2-3-4(5)6/h2H,1,3H2/i3D2. The van der Waals surface area contributed by atoms with Gasteiger partial charge in [-0.15, -0.1) is 6.58 Å². The number of carbonyl (C=O) groups is 1. The fraction of sp³-hybridized carbons (Fsp3) is 0.250. The van der Waals surface area contributed by atoms with Crippen molar-refractivity contribution in [1.29, 1.82) is 0 Å². The topological polar surface area (TPSA) is 17.1 Å². The Kier molecular flexibility index (Phi) is 1.36. The molecule has 0 heterocycles. The van der Waals surface area contributed by atoms with E-state index in [9.17, 15) is 4.79 Å². The lowest BCUT2D eigenvalue weighted by Gasteiger charge is -1.72. The zero-order chi connectivity index (χ0) is 6.78. The van der Waals surface area contributed by atoms with Crippen molar-refractivity contribution < 1.29 is 7.54 Å². The molecule has 0 saturated carbocycles. The average molecular weight is 107 g/mol. The van der Waals surface area contributed by atoms with Crippen LogP contribution in [0.5, 0.6) is 0 Å². The second-order valence-electron chi connectivity index (χ2n) is 0.622. The van der Waals surface area contributed by atoms with Gasteiger partial charge in [0.25, 0.3) is 0 Å². The first-order valence-corrected chi connectivity index (χ1v) is 1.72. The fourth-order valence-corrected chi connectivity index (χ4v) is 0.157. The maximum Gasteiger partial charge on any atom is 0.225 e. The summed E-state index contributed by atoms with van der Waals surface area (Å²) in [7, 11) is 0. The van der Waals surface area contributed by atoms with Gasteiger partial charge in [-0.1, -0.05) is 6.08 Å². The minimum absolute atomic E-state index is 0.863. The van der Waals surface area contributed by atoms with E-state index in [2.05, 4.69) is 6.58 Å². The molecule has 0 aromatic carbocycles. The van der Waals surface area contributed by atoms with Crippen molar-refractivity contribution in [1.82, 2.24) is 0 Å². The molecule has 0 N–H and O–H groups in total. The van der Waals surface area contributed by atoms with Gasteiger partial charge in [-0.25, -0.2) is 0 Å². The summed E-state index contributed by atoms with van der Waals surface area (Å²) in [6.07, 6.45) is -1.20. The van der Waals surface area contributed by atoms with Crippen LogP contribution in [0.3, 0.4) is 0 Å². The second kappa shape index (κ2) is 2.91. The second-order valence-corrected chi connectivity index (χ2v) is 0.965. The summed E-state index contributed by atoms with van der Waals surface area (Å²) in [4.78, 5) is 10.0. The first-order valence-electron chi connectivity index (χ1n) is 2.34. The normalized spacial score (nSPS) is 14.8. The SMILES string of the molecule is [2H]C([2H])(C=C)C(=O)Cl. The van der Waals surface area contributed by atoms with Gasteiger partial charge in [0.15, 0.2) is 0 Å². The molecule has 0 saturated heterocycles. The van der Waals surface area contributed by atoms with Crippen LogP contribution in [-0.4, -0.2) is 5.24 Å². The van der Waals surface area contributed by atoms with Crippen molar-refractivity contribution in [2.45, 2.75) is 6.37 Å². The predicted octanol–water partition coefficient (Wildman–Crippen LogP) is 1.33. The summed E-state index contributed by atoms with van der Waals surface area (Å²) in [5.74, 6) is 0. The van der Waals surface area contributed by atoms with Gasteiger partial charge in [-0.05, 0) is 11.6 Å². The summed E-state index contributed by atoms with van der Waals surface area (Å²) in [6.45, 7) is 3.07. The Morgan fingerprint density at radius 3 is 2.83 bits per heavy atom. The molecule has 1 nitrogen and oxygen atoms in total. The lowest BCUT2D eigenvalue weighted by atomic mass is 10.5. The van der Waals surface area contributed by atoms with E-state index < -0.39 is 11.6 Å². The Labute approximate surface area is 44.4 Å². The van der Waals surface area contributed by atoms with Gasteiger partial charge in [0.2, 0.25) is 5.24 Å². The lowest BCUT2D eigenvalue weighted by Crippen LogP contribution is -1.76.